The van der Waals surface area contributed by atoms with Gasteiger partial charge in [-0.15, -0.1) is 5.10 Å². The average Bonchev–Trinajstić information content (AvgIpc) is 3.67. The number of aliphatic hydroxyl groups excluding tert-OH is 1. The molecule has 2 N–H and O–H groups in total. The lowest BCUT2D eigenvalue weighted by Gasteiger charge is -2.58. The molecule has 15 heteroatoms. The van der Waals surface area contributed by atoms with Crippen LogP contribution in [0.5, 0.6) is 0 Å². The van der Waals surface area contributed by atoms with Gasteiger partial charge in [-0.1, -0.05) is 6.08 Å². The molecular weight excluding hydrogens is 679 g/mol. The first-order chi connectivity index (χ1) is 24.9. The Hall–Kier alpha value is -4.92. The van der Waals surface area contributed by atoms with Crippen LogP contribution in [0.3, 0.4) is 0 Å². The molecule has 52 heavy (non-hydrogen) atoms. The third-order valence-corrected chi connectivity index (χ3v) is 12.3. The first-order valence-corrected chi connectivity index (χ1v) is 17.8. The van der Waals surface area contributed by atoms with Crippen LogP contribution in [0.15, 0.2) is 53.2 Å². The van der Waals surface area contributed by atoms with E-state index < -0.39 is 29.1 Å². The Bertz CT molecular complexity index is 2200. The number of fused-ring (bicyclic) bond motifs is 8. The van der Waals surface area contributed by atoms with Gasteiger partial charge in [-0.2, -0.15) is 22.7 Å². The van der Waals surface area contributed by atoms with E-state index in [1.165, 1.54) is 17.5 Å². The molecule has 9 rings (SSSR count). The van der Waals surface area contributed by atoms with E-state index in [4.69, 9.17) is 14.8 Å². The second kappa shape index (κ2) is 11.5. The van der Waals surface area contributed by atoms with Crippen molar-refractivity contribution >= 4 is 28.9 Å². The molecule has 272 valence electrons. The zero-order valence-electron chi connectivity index (χ0n) is 28.7. The summed E-state index contributed by atoms with van der Waals surface area (Å²) < 4.78 is 48.6. The number of aryl methyl sites for hydroxylation is 1. The Morgan fingerprint density at radius 3 is 2.71 bits per heavy atom. The molecule has 3 fully saturated rings. The van der Waals surface area contributed by atoms with E-state index in [0.29, 0.717) is 44.0 Å². The number of halogens is 3. The number of ether oxygens (including phenoxy) is 1. The first kappa shape index (κ1) is 33.0. The van der Waals surface area contributed by atoms with Gasteiger partial charge in [0.15, 0.2) is 11.9 Å². The van der Waals surface area contributed by atoms with Crippen molar-refractivity contribution in [2.24, 2.45) is 11.8 Å². The van der Waals surface area contributed by atoms with Gasteiger partial charge in [0, 0.05) is 54.1 Å². The maximum Gasteiger partial charge on any atom is 0.416 e. The zero-order valence-corrected chi connectivity index (χ0v) is 28.7. The van der Waals surface area contributed by atoms with Gasteiger partial charge in [-0.05, 0) is 92.4 Å². The van der Waals surface area contributed by atoms with Gasteiger partial charge < -0.3 is 29.5 Å². The van der Waals surface area contributed by atoms with Crippen molar-refractivity contribution in [3.05, 3.63) is 86.9 Å². The molecule has 6 atom stereocenters. The number of carbonyl (C=O) groups is 2. The number of allylic oxidation sites excluding steroid dienone is 2. The summed E-state index contributed by atoms with van der Waals surface area (Å²) >= 11 is 0. The maximum absolute atomic E-state index is 14.7. The molecule has 2 amide bonds. The Morgan fingerprint density at radius 1 is 1.19 bits per heavy atom. The summed E-state index contributed by atoms with van der Waals surface area (Å²) in [6, 6.07) is 2.29. The molecule has 6 aliphatic rings. The van der Waals surface area contributed by atoms with Crippen molar-refractivity contribution in [3.8, 4) is 0 Å². The van der Waals surface area contributed by atoms with E-state index in [0.717, 1.165) is 42.7 Å². The van der Waals surface area contributed by atoms with Crippen LogP contribution in [0.1, 0.15) is 66.2 Å². The summed E-state index contributed by atoms with van der Waals surface area (Å²) in [6.45, 7) is 2.59. The molecule has 12 nitrogen and oxygen atoms in total. The largest absolute Gasteiger partial charge is 0.510 e. The standard InChI is InChI=1S/C37H38F3N7O5/c1-19-16-21(37(38,39)40)5-7-25(19)41-28(49)18-46-30-22-17-24(22)36(29(30)33(50)47-35(46)42-32(43-47)20-9-14-52-15-10-20)11-13-45(26-8-6-23(26)36)34(51)31-27(48)4-3-12-44(31)2/h3-5,7,9,12,16,22-24,26,31,48H,6,8,10-11,13-15,17-18H2,1-2H3,(H,41,49). The molecule has 6 unspecified atom stereocenters. The number of hydrogen-bond donors (Lipinski definition) is 2. The van der Waals surface area contributed by atoms with Gasteiger partial charge in [-0.3, -0.25) is 14.4 Å². The number of nitrogens with one attached hydrogen (secondary N) is 1. The quantitative estimate of drug-likeness (QED) is 0.400. The molecule has 0 radical (unpaired) electrons. The molecule has 3 aliphatic carbocycles. The fourth-order valence-corrected chi connectivity index (χ4v) is 9.76. The van der Waals surface area contributed by atoms with Gasteiger partial charge >= 0.3 is 6.18 Å². The number of benzene rings is 1. The number of likely N-dealkylation sites (N-methyl/N-ethyl adjacent to an activating group) is 1. The second-order valence-corrected chi connectivity index (χ2v) is 15.0. The number of carbonyl (C=O) groups excluding carboxylic acids is 2. The predicted octanol–water partition coefficient (Wildman–Crippen LogP) is 4.30. The number of hydrogen-bond acceptors (Lipinski definition) is 8. The molecular formula is C37H38F3N7O5. The topological polar surface area (TPSA) is 134 Å². The third kappa shape index (κ3) is 4.80. The lowest BCUT2D eigenvalue weighted by molar-refractivity contribution is -0.149. The van der Waals surface area contributed by atoms with Crippen molar-refractivity contribution in [1.82, 2.24) is 29.0 Å². The summed E-state index contributed by atoms with van der Waals surface area (Å²) in [4.78, 5) is 50.9. The highest BCUT2D eigenvalue weighted by molar-refractivity contribution is 5.92. The minimum Gasteiger partial charge on any atom is -0.510 e. The average molecular weight is 718 g/mol. The summed E-state index contributed by atoms with van der Waals surface area (Å²) in [5, 5.41) is 18.2. The van der Waals surface area contributed by atoms with E-state index in [1.54, 1.807) is 34.9 Å². The van der Waals surface area contributed by atoms with Crippen LogP contribution in [-0.2, 0) is 32.5 Å². The SMILES string of the molecule is Cc1cc(C(F)(F)F)ccc1NC(=O)Cn1c2c(c(=O)n3nc(C4=CCOCC4)nc13)C1(CCN(C(=O)C3C(O)=CC=CN3C)C3CCC31)C1CC21. The monoisotopic (exact) mass is 717 g/mol. The van der Waals surface area contributed by atoms with E-state index in [9.17, 15) is 32.7 Å². The van der Waals surface area contributed by atoms with Gasteiger partial charge in [0.25, 0.3) is 11.5 Å². The van der Waals surface area contributed by atoms with Crippen LogP contribution in [-0.4, -0.2) is 84.8 Å². The first-order valence-electron chi connectivity index (χ1n) is 17.8. The van der Waals surface area contributed by atoms with E-state index in [2.05, 4.69) is 5.32 Å². The van der Waals surface area contributed by atoms with Crippen LogP contribution < -0.4 is 10.9 Å². The summed E-state index contributed by atoms with van der Waals surface area (Å²) in [6.07, 6.45) is 5.96. The van der Waals surface area contributed by atoms with Crippen molar-refractivity contribution in [1.29, 1.82) is 0 Å². The smallest absolute Gasteiger partial charge is 0.416 e. The van der Waals surface area contributed by atoms with Crippen molar-refractivity contribution in [3.63, 3.8) is 0 Å². The minimum absolute atomic E-state index is 0.00342. The van der Waals surface area contributed by atoms with E-state index >= 15 is 0 Å². The van der Waals surface area contributed by atoms with Crippen LogP contribution >= 0.6 is 0 Å². The molecule has 2 aromatic heterocycles. The highest BCUT2D eigenvalue weighted by Crippen LogP contribution is 2.72. The number of likely N-dealkylation sites (tertiary alicyclic amines) is 1. The number of anilines is 1. The molecule has 1 saturated heterocycles. The Balaban J connectivity index is 1.11. The number of alkyl halides is 3. The van der Waals surface area contributed by atoms with Crippen molar-refractivity contribution < 1.29 is 32.6 Å². The predicted molar refractivity (Wildman–Crippen MR) is 182 cm³/mol. The highest BCUT2D eigenvalue weighted by atomic mass is 19.4. The molecule has 1 spiro atoms. The molecule has 5 heterocycles. The van der Waals surface area contributed by atoms with Crippen LogP contribution in [0.2, 0.25) is 0 Å². The van der Waals surface area contributed by atoms with Crippen molar-refractivity contribution in [2.75, 3.05) is 32.1 Å². The Morgan fingerprint density at radius 2 is 2.02 bits per heavy atom. The number of rotatable bonds is 5. The summed E-state index contributed by atoms with van der Waals surface area (Å²) in [5.41, 5.74) is 1.20. The zero-order chi connectivity index (χ0) is 36.3. The number of aromatic nitrogens is 4. The number of piperidine rings is 1. The molecule has 3 aromatic rings. The van der Waals surface area contributed by atoms with Crippen LogP contribution in [0.4, 0.5) is 18.9 Å². The number of aliphatic hydroxyl groups is 1. The molecule has 1 aromatic carbocycles. The van der Waals surface area contributed by atoms with Crippen LogP contribution in [0.25, 0.3) is 11.4 Å². The third-order valence-electron chi connectivity index (χ3n) is 12.3. The van der Waals surface area contributed by atoms with Gasteiger partial charge in [0.1, 0.15) is 12.3 Å². The maximum atomic E-state index is 14.7. The summed E-state index contributed by atoms with van der Waals surface area (Å²) in [7, 11) is 1.76. The minimum atomic E-state index is -4.51. The highest BCUT2D eigenvalue weighted by Gasteiger charge is 2.70. The van der Waals surface area contributed by atoms with Gasteiger partial charge in [-0.25, -0.2) is 0 Å². The lowest BCUT2D eigenvalue weighted by Crippen LogP contribution is -2.66. The Kier molecular flexibility index (Phi) is 7.31. The van der Waals surface area contributed by atoms with E-state index in [1.807, 2.05) is 11.0 Å². The van der Waals surface area contributed by atoms with E-state index in [-0.39, 0.29) is 64.6 Å². The van der Waals surface area contributed by atoms with Gasteiger partial charge in [0.05, 0.1) is 18.8 Å². The second-order valence-electron chi connectivity index (χ2n) is 15.0. The fourth-order valence-electron chi connectivity index (χ4n) is 9.76. The Labute approximate surface area is 296 Å². The number of amides is 2. The lowest BCUT2D eigenvalue weighted by atomic mass is 9.54. The van der Waals surface area contributed by atoms with Crippen molar-refractivity contribution in [2.45, 2.75) is 75.2 Å². The fraction of sp³-hybridized carbons (Fsp3) is 0.486. The van der Waals surface area contributed by atoms with Crippen LogP contribution in [0, 0.1) is 18.8 Å². The normalized spacial score (nSPS) is 28.9. The number of nitrogens with zero attached hydrogens (tertiary/aromatic N) is 6. The van der Waals surface area contributed by atoms with Gasteiger partial charge in [0.2, 0.25) is 11.7 Å². The molecule has 2 saturated carbocycles. The molecule has 0 bridgehead atoms. The molecule has 3 aliphatic heterocycles. The summed E-state index contributed by atoms with van der Waals surface area (Å²) in [5.74, 6) is 0.177.